The zero-order chi connectivity index (χ0) is 26.7. The van der Waals surface area contributed by atoms with Crippen molar-refractivity contribution < 1.29 is 23.2 Å². The van der Waals surface area contributed by atoms with Crippen molar-refractivity contribution in [1.82, 2.24) is 20.1 Å². The number of aromatic nitrogens is 4. The summed E-state index contributed by atoms with van der Waals surface area (Å²) in [5.41, 5.74) is 1.55. The first-order valence-electron chi connectivity index (χ1n) is 13.3. The van der Waals surface area contributed by atoms with Crippen molar-refractivity contribution in [3.63, 3.8) is 0 Å². The van der Waals surface area contributed by atoms with Gasteiger partial charge in [0.2, 0.25) is 11.8 Å². The van der Waals surface area contributed by atoms with E-state index in [1.54, 1.807) is 12.1 Å². The molecule has 1 atom stereocenters. The number of rotatable bonds is 5. The minimum absolute atomic E-state index is 0.0304. The third-order valence-corrected chi connectivity index (χ3v) is 7.92. The number of fused-ring (bicyclic) bond motifs is 1. The number of nitrogens with zero attached hydrogens (tertiary/aromatic N) is 6. The molecule has 0 unspecified atom stereocenters. The van der Waals surface area contributed by atoms with Gasteiger partial charge in [0.25, 0.3) is 0 Å². The summed E-state index contributed by atoms with van der Waals surface area (Å²) in [7, 11) is 0. The van der Waals surface area contributed by atoms with Crippen LogP contribution in [0.25, 0.3) is 22.0 Å². The number of aliphatic hydroxyl groups excluding tert-OH is 1. The number of piperidine rings is 1. The van der Waals surface area contributed by atoms with Crippen LogP contribution in [0.2, 0.25) is 0 Å². The first kappa shape index (κ1) is 24.1. The Morgan fingerprint density at radius 1 is 0.974 bits per heavy atom. The Bertz CT molecular complexity index is 1580. The van der Waals surface area contributed by atoms with Gasteiger partial charge in [0.05, 0.1) is 35.7 Å². The molecular weight excluding hydrogens is 506 g/mol. The lowest BCUT2D eigenvalue weighted by Gasteiger charge is -2.32. The van der Waals surface area contributed by atoms with Crippen LogP contribution >= 0.6 is 0 Å². The van der Waals surface area contributed by atoms with Crippen LogP contribution in [0.1, 0.15) is 55.7 Å². The van der Waals surface area contributed by atoms with Crippen molar-refractivity contribution in [2.75, 3.05) is 29.4 Å². The predicted molar refractivity (Wildman–Crippen MR) is 138 cm³/mol. The van der Waals surface area contributed by atoms with Crippen LogP contribution in [0.15, 0.2) is 41.2 Å². The molecule has 7 rings (SSSR count). The van der Waals surface area contributed by atoms with Crippen molar-refractivity contribution in [3.05, 3.63) is 60.0 Å². The van der Waals surface area contributed by atoms with E-state index in [0.717, 1.165) is 37.4 Å². The zero-order valence-corrected chi connectivity index (χ0v) is 21.1. The molecule has 39 heavy (non-hydrogen) atoms. The molecule has 11 heteroatoms. The minimum Gasteiger partial charge on any atom is -0.391 e. The van der Waals surface area contributed by atoms with Gasteiger partial charge in [-0.2, -0.15) is 4.98 Å². The molecule has 4 heterocycles. The quantitative estimate of drug-likeness (QED) is 0.405. The monoisotopic (exact) mass is 532 g/mol. The maximum Gasteiger partial charge on any atom is 0.229 e. The van der Waals surface area contributed by atoms with Gasteiger partial charge in [0.15, 0.2) is 5.82 Å². The van der Waals surface area contributed by atoms with Gasteiger partial charge in [-0.1, -0.05) is 11.2 Å². The maximum absolute atomic E-state index is 15.3. The standard InChI is InChI=1S/C28H26F2N6O3/c29-20-5-4-19(17-3-6-22(21(30)11-17)36-13-18(37)12-23(36)38)25-24(20)27(32-14-31-25)35-9-7-15(8-10-35)26-33-28(39-34-26)16-1-2-16/h3-6,11,14-16,18,37H,1-2,7-10,12-13H2/t18-/m0/s1. The highest BCUT2D eigenvalue weighted by atomic mass is 19.1. The van der Waals surface area contributed by atoms with Crippen molar-refractivity contribution in [2.24, 2.45) is 0 Å². The highest BCUT2D eigenvalue weighted by molar-refractivity contribution is 6.00. The Labute approximate surface area is 222 Å². The number of carbonyl (C=O) groups excluding carboxylic acids is 1. The van der Waals surface area contributed by atoms with Crippen LogP contribution in [-0.2, 0) is 4.79 Å². The number of anilines is 2. The average Bonchev–Trinajstić information content (AvgIpc) is 3.57. The number of hydrogen-bond acceptors (Lipinski definition) is 8. The van der Waals surface area contributed by atoms with E-state index in [0.29, 0.717) is 41.5 Å². The smallest absolute Gasteiger partial charge is 0.229 e. The van der Waals surface area contributed by atoms with E-state index in [1.807, 2.05) is 4.90 Å². The van der Waals surface area contributed by atoms with E-state index in [-0.39, 0.29) is 35.9 Å². The van der Waals surface area contributed by atoms with Gasteiger partial charge >= 0.3 is 0 Å². The topological polar surface area (TPSA) is 108 Å². The number of β-amino-alcohol motifs (C(OH)–C–C–N with tert-alkyl or cyclic N) is 1. The lowest BCUT2D eigenvalue weighted by Crippen LogP contribution is -2.34. The van der Waals surface area contributed by atoms with E-state index in [9.17, 15) is 9.90 Å². The Morgan fingerprint density at radius 3 is 2.51 bits per heavy atom. The van der Waals surface area contributed by atoms with Gasteiger partial charge in [-0.05, 0) is 55.5 Å². The molecule has 3 fully saturated rings. The van der Waals surface area contributed by atoms with Gasteiger partial charge in [-0.25, -0.2) is 18.7 Å². The summed E-state index contributed by atoms with van der Waals surface area (Å²) in [6.45, 7) is 1.34. The molecule has 2 aliphatic heterocycles. The van der Waals surface area contributed by atoms with Gasteiger partial charge in [0.1, 0.15) is 23.8 Å². The number of aliphatic hydroxyl groups is 1. The molecule has 0 bridgehead atoms. The van der Waals surface area contributed by atoms with Crippen LogP contribution in [-0.4, -0.2) is 56.9 Å². The second-order valence-electron chi connectivity index (χ2n) is 10.6. The summed E-state index contributed by atoms with van der Waals surface area (Å²) in [4.78, 5) is 28.9. The molecule has 0 spiro atoms. The second kappa shape index (κ2) is 9.33. The molecule has 1 aliphatic carbocycles. The molecule has 2 aromatic carbocycles. The van der Waals surface area contributed by atoms with Gasteiger partial charge < -0.3 is 19.4 Å². The average molecular weight is 533 g/mol. The third-order valence-electron chi connectivity index (χ3n) is 7.92. The van der Waals surface area contributed by atoms with Crippen molar-refractivity contribution in [3.8, 4) is 11.1 Å². The summed E-state index contributed by atoms with van der Waals surface area (Å²) in [6.07, 6.45) is 4.34. The molecule has 2 saturated heterocycles. The highest BCUT2D eigenvalue weighted by Crippen LogP contribution is 2.41. The summed E-state index contributed by atoms with van der Waals surface area (Å²) in [6, 6.07) is 7.43. The number of amides is 1. The maximum atomic E-state index is 15.3. The number of benzene rings is 2. The summed E-state index contributed by atoms with van der Waals surface area (Å²) >= 11 is 0. The van der Waals surface area contributed by atoms with Crippen molar-refractivity contribution in [1.29, 1.82) is 0 Å². The first-order chi connectivity index (χ1) is 19.0. The van der Waals surface area contributed by atoms with Gasteiger partial charge in [-0.15, -0.1) is 0 Å². The SMILES string of the molecule is O=C1C[C@H](O)CN1c1ccc(-c2ccc(F)c3c(N4CCC(c5noc(C6CC6)n5)CC4)ncnc23)cc1F. The molecule has 3 aliphatic rings. The van der Waals surface area contributed by atoms with Crippen molar-refractivity contribution in [2.45, 2.75) is 50.0 Å². The van der Waals surface area contributed by atoms with Crippen LogP contribution in [0, 0.1) is 11.6 Å². The Kier molecular flexibility index (Phi) is 5.76. The number of halogens is 2. The summed E-state index contributed by atoms with van der Waals surface area (Å²) < 4.78 is 35.9. The first-order valence-corrected chi connectivity index (χ1v) is 13.3. The van der Waals surface area contributed by atoms with E-state index in [4.69, 9.17) is 4.52 Å². The van der Waals surface area contributed by atoms with Gasteiger partial charge in [0, 0.05) is 30.5 Å². The van der Waals surface area contributed by atoms with Crippen LogP contribution in [0.3, 0.4) is 0 Å². The molecule has 4 aromatic rings. The molecule has 9 nitrogen and oxygen atoms in total. The Balaban J connectivity index is 1.17. The molecule has 1 saturated carbocycles. The number of hydrogen-bond donors (Lipinski definition) is 1. The third kappa shape index (κ3) is 4.30. The minimum atomic E-state index is -0.815. The molecular formula is C28H26F2N6O3. The van der Waals surface area contributed by atoms with Crippen LogP contribution in [0.5, 0.6) is 0 Å². The fourth-order valence-corrected chi connectivity index (χ4v) is 5.67. The Hall–Kier alpha value is -3.99. The summed E-state index contributed by atoms with van der Waals surface area (Å²) in [5, 5.41) is 14.3. The predicted octanol–water partition coefficient (Wildman–Crippen LogP) is 4.32. The normalized spacial score (nSPS) is 20.4. The number of carbonyl (C=O) groups is 1. The van der Waals surface area contributed by atoms with Crippen molar-refractivity contribution >= 4 is 28.3 Å². The lowest BCUT2D eigenvalue weighted by atomic mass is 9.95. The molecule has 1 N–H and O–H groups in total. The summed E-state index contributed by atoms with van der Waals surface area (Å²) in [5.74, 6) is 1.18. The molecule has 1 amide bonds. The van der Waals surface area contributed by atoms with Crippen LogP contribution in [0.4, 0.5) is 20.3 Å². The van der Waals surface area contributed by atoms with Crippen LogP contribution < -0.4 is 9.80 Å². The second-order valence-corrected chi connectivity index (χ2v) is 10.6. The fourth-order valence-electron chi connectivity index (χ4n) is 5.67. The lowest BCUT2D eigenvalue weighted by molar-refractivity contribution is -0.117. The van der Waals surface area contributed by atoms with Gasteiger partial charge in [-0.3, -0.25) is 4.79 Å². The fraction of sp³-hybridized carbons (Fsp3) is 0.393. The largest absolute Gasteiger partial charge is 0.391 e. The zero-order valence-electron chi connectivity index (χ0n) is 21.1. The van der Waals surface area contributed by atoms with E-state index >= 15 is 8.78 Å². The van der Waals surface area contributed by atoms with E-state index in [2.05, 4.69) is 20.1 Å². The molecule has 0 radical (unpaired) electrons. The molecule has 2 aromatic heterocycles. The highest BCUT2D eigenvalue weighted by Gasteiger charge is 2.33. The van der Waals surface area contributed by atoms with E-state index in [1.165, 1.54) is 29.4 Å². The van der Waals surface area contributed by atoms with E-state index < -0.39 is 17.7 Å². The molecule has 200 valence electrons. The Morgan fingerprint density at radius 2 is 1.79 bits per heavy atom.